The zero-order valence-corrected chi connectivity index (χ0v) is 10.6. The van der Waals surface area contributed by atoms with Crippen molar-refractivity contribution < 1.29 is 9.53 Å². The number of esters is 1. The molecule has 0 radical (unpaired) electrons. The number of carbonyl (C=O) groups is 1. The molecule has 0 saturated carbocycles. The largest absolute Gasteiger partial charge is 0.462 e. The van der Waals surface area contributed by atoms with Crippen molar-refractivity contribution in [2.45, 2.75) is 13.8 Å². The van der Waals surface area contributed by atoms with E-state index in [-0.39, 0.29) is 5.97 Å². The fourth-order valence-corrected chi connectivity index (χ4v) is 1.65. The average molecular weight is 244 g/mol. The minimum atomic E-state index is -0.244. The van der Waals surface area contributed by atoms with Crippen LogP contribution in [0.1, 0.15) is 19.4 Å². The van der Waals surface area contributed by atoms with Crippen molar-refractivity contribution in [1.82, 2.24) is 0 Å². The van der Waals surface area contributed by atoms with Crippen molar-refractivity contribution in [1.29, 1.82) is 5.26 Å². The smallest absolute Gasteiger partial charge is 0.338 e. The van der Waals surface area contributed by atoms with Crippen molar-refractivity contribution in [2.75, 3.05) is 18.5 Å². The van der Waals surface area contributed by atoms with Gasteiger partial charge in [-0.25, -0.2) is 4.79 Å². The number of benzene rings is 1. The number of hydrogen-bond acceptors (Lipinski definition) is 4. The highest BCUT2D eigenvalue weighted by Crippen LogP contribution is 2.27. The summed E-state index contributed by atoms with van der Waals surface area (Å²) in [6.07, 6.45) is 1.86. The molecule has 4 nitrogen and oxygen atoms in total. The van der Waals surface area contributed by atoms with Crippen molar-refractivity contribution in [3.05, 3.63) is 35.9 Å². The summed E-state index contributed by atoms with van der Waals surface area (Å²) in [5.74, 6) is -0.244. The molecule has 2 rings (SSSR count). The molecule has 0 fully saturated rings. The SMILES string of the molecule is CC#N.CCOC(=O)C1=CCNc2ccccc21. The van der Waals surface area contributed by atoms with Gasteiger partial charge in [0.15, 0.2) is 0 Å². The molecule has 0 saturated heterocycles. The maximum absolute atomic E-state index is 11.6. The molecule has 1 N–H and O–H groups in total. The molecular formula is C14H16N2O2. The minimum absolute atomic E-state index is 0.244. The van der Waals surface area contributed by atoms with Gasteiger partial charge in [-0.1, -0.05) is 24.3 Å². The molecule has 1 aliphatic rings. The number of carbonyl (C=O) groups excluding carboxylic acids is 1. The predicted molar refractivity (Wildman–Crippen MR) is 70.8 cm³/mol. The standard InChI is InChI=1S/C12H13NO2.C2H3N/c1-2-15-12(14)10-7-8-13-11-6-4-3-5-9(10)11;1-2-3/h3-7,13H,2,8H2,1H3;1H3. The Morgan fingerprint density at radius 2 is 2.17 bits per heavy atom. The van der Waals surface area contributed by atoms with Gasteiger partial charge in [0.1, 0.15) is 0 Å². The fraction of sp³-hybridized carbons (Fsp3) is 0.286. The van der Waals surface area contributed by atoms with Gasteiger partial charge in [0, 0.05) is 24.7 Å². The van der Waals surface area contributed by atoms with Crippen LogP contribution >= 0.6 is 0 Å². The van der Waals surface area contributed by atoms with E-state index in [0.29, 0.717) is 18.7 Å². The number of nitriles is 1. The van der Waals surface area contributed by atoms with Gasteiger partial charge in [-0.3, -0.25) is 0 Å². The summed E-state index contributed by atoms with van der Waals surface area (Å²) in [5, 5.41) is 10.5. The lowest BCUT2D eigenvalue weighted by Gasteiger charge is -2.17. The van der Waals surface area contributed by atoms with Gasteiger partial charge in [0.2, 0.25) is 0 Å². The first-order valence-corrected chi connectivity index (χ1v) is 5.76. The van der Waals surface area contributed by atoms with E-state index >= 15 is 0 Å². The molecule has 0 spiro atoms. The monoisotopic (exact) mass is 244 g/mol. The normalized spacial score (nSPS) is 11.7. The Kier molecular flexibility index (Phi) is 5.46. The predicted octanol–water partition coefficient (Wildman–Crippen LogP) is 2.59. The molecule has 0 unspecified atom stereocenters. The van der Waals surface area contributed by atoms with Crippen molar-refractivity contribution in [3.8, 4) is 6.07 Å². The number of nitrogens with zero attached hydrogens (tertiary/aromatic N) is 1. The lowest BCUT2D eigenvalue weighted by molar-refractivity contribution is -0.136. The second kappa shape index (κ2) is 7.13. The zero-order valence-electron chi connectivity index (χ0n) is 10.6. The number of anilines is 1. The summed E-state index contributed by atoms with van der Waals surface area (Å²) in [6.45, 7) is 4.32. The molecule has 1 heterocycles. The molecule has 0 bridgehead atoms. The first-order valence-electron chi connectivity index (χ1n) is 5.76. The third-order valence-electron chi connectivity index (χ3n) is 2.31. The van der Waals surface area contributed by atoms with Crippen molar-refractivity contribution in [3.63, 3.8) is 0 Å². The van der Waals surface area contributed by atoms with Gasteiger partial charge in [-0.05, 0) is 13.0 Å². The molecule has 4 heteroatoms. The Bertz CT molecular complexity index is 487. The first kappa shape index (κ1) is 13.8. The highest BCUT2D eigenvalue weighted by Gasteiger charge is 2.18. The fourth-order valence-electron chi connectivity index (χ4n) is 1.65. The highest BCUT2D eigenvalue weighted by molar-refractivity contribution is 6.18. The van der Waals surface area contributed by atoms with E-state index in [9.17, 15) is 4.79 Å². The summed E-state index contributed by atoms with van der Waals surface area (Å²) in [4.78, 5) is 11.6. The summed E-state index contributed by atoms with van der Waals surface area (Å²) in [7, 11) is 0. The molecule has 1 aromatic rings. The third-order valence-corrected chi connectivity index (χ3v) is 2.31. The van der Waals surface area contributed by atoms with Gasteiger partial charge in [0.05, 0.1) is 18.2 Å². The lowest BCUT2D eigenvalue weighted by Crippen LogP contribution is -2.14. The second-order valence-electron chi connectivity index (χ2n) is 3.49. The molecule has 1 aromatic carbocycles. The van der Waals surface area contributed by atoms with Crippen LogP contribution in [-0.2, 0) is 9.53 Å². The van der Waals surface area contributed by atoms with Crippen LogP contribution in [0.5, 0.6) is 0 Å². The molecule has 0 aliphatic carbocycles. The van der Waals surface area contributed by atoms with E-state index in [1.54, 1.807) is 6.07 Å². The number of rotatable bonds is 2. The number of fused-ring (bicyclic) bond motifs is 1. The topological polar surface area (TPSA) is 62.1 Å². The number of hydrogen-bond donors (Lipinski definition) is 1. The number of ether oxygens (including phenoxy) is 1. The molecule has 0 aromatic heterocycles. The average Bonchev–Trinajstić information content (AvgIpc) is 2.39. The summed E-state index contributed by atoms with van der Waals surface area (Å²) >= 11 is 0. The quantitative estimate of drug-likeness (QED) is 0.812. The first-order chi connectivity index (χ1) is 8.74. The van der Waals surface area contributed by atoms with E-state index in [0.717, 1.165) is 11.3 Å². The van der Waals surface area contributed by atoms with Crippen LogP contribution in [0.2, 0.25) is 0 Å². The number of nitrogens with one attached hydrogen (secondary N) is 1. The molecule has 0 amide bonds. The third kappa shape index (κ3) is 3.36. The Labute approximate surface area is 107 Å². The van der Waals surface area contributed by atoms with Gasteiger partial charge >= 0.3 is 5.97 Å². The zero-order chi connectivity index (χ0) is 13.4. The van der Waals surface area contributed by atoms with E-state index in [1.807, 2.05) is 37.3 Å². The summed E-state index contributed by atoms with van der Waals surface area (Å²) in [5.41, 5.74) is 2.57. The molecule has 0 atom stereocenters. The minimum Gasteiger partial charge on any atom is -0.462 e. The van der Waals surface area contributed by atoms with E-state index in [4.69, 9.17) is 10.00 Å². The van der Waals surface area contributed by atoms with Crippen LogP contribution in [-0.4, -0.2) is 19.1 Å². The van der Waals surface area contributed by atoms with E-state index in [2.05, 4.69) is 5.32 Å². The maximum atomic E-state index is 11.6. The molecule has 18 heavy (non-hydrogen) atoms. The van der Waals surface area contributed by atoms with Crippen molar-refractivity contribution >= 4 is 17.2 Å². The van der Waals surface area contributed by atoms with Crippen LogP contribution in [0.25, 0.3) is 5.57 Å². The van der Waals surface area contributed by atoms with Gasteiger partial charge in [0.25, 0.3) is 0 Å². The lowest BCUT2D eigenvalue weighted by atomic mass is 10.0. The van der Waals surface area contributed by atoms with Gasteiger partial charge < -0.3 is 10.1 Å². The Balaban J connectivity index is 0.000000492. The summed E-state index contributed by atoms with van der Waals surface area (Å²) < 4.78 is 5.00. The van der Waals surface area contributed by atoms with Crippen LogP contribution < -0.4 is 5.32 Å². The Morgan fingerprint density at radius 3 is 2.83 bits per heavy atom. The van der Waals surface area contributed by atoms with Crippen LogP contribution in [0.3, 0.4) is 0 Å². The molecule has 94 valence electrons. The van der Waals surface area contributed by atoms with Crippen molar-refractivity contribution in [2.24, 2.45) is 0 Å². The van der Waals surface area contributed by atoms with E-state index < -0.39 is 0 Å². The Morgan fingerprint density at radius 1 is 1.50 bits per heavy atom. The molecular weight excluding hydrogens is 228 g/mol. The van der Waals surface area contributed by atoms with Gasteiger partial charge in [-0.2, -0.15) is 5.26 Å². The van der Waals surface area contributed by atoms with Crippen LogP contribution in [0.15, 0.2) is 30.3 Å². The summed E-state index contributed by atoms with van der Waals surface area (Å²) in [6, 6.07) is 9.49. The molecule has 1 aliphatic heterocycles. The second-order valence-corrected chi connectivity index (χ2v) is 3.49. The highest BCUT2D eigenvalue weighted by atomic mass is 16.5. The maximum Gasteiger partial charge on any atom is 0.338 e. The van der Waals surface area contributed by atoms with Crippen LogP contribution in [0.4, 0.5) is 5.69 Å². The van der Waals surface area contributed by atoms with Gasteiger partial charge in [-0.15, -0.1) is 0 Å². The number of para-hydroxylation sites is 1. The Hall–Kier alpha value is -2.28. The van der Waals surface area contributed by atoms with Crippen LogP contribution in [0, 0.1) is 11.3 Å². The van der Waals surface area contributed by atoms with E-state index in [1.165, 1.54) is 6.92 Å².